The number of nitrogens with zero attached hydrogens (tertiary/aromatic N) is 3. The van der Waals surface area contributed by atoms with E-state index in [1.54, 1.807) is 13.3 Å². The minimum Gasteiger partial charge on any atom is -0.495 e. The molecule has 5 rings (SSSR count). The summed E-state index contributed by atoms with van der Waals surface area (Å²) in [5, 5.41) is 1.06. The zero-order valence-electron chi connectivity index (χ0n) is 21.9. The largest absolute Gasteiger partial charge is 0.495 e. The van der Waals surface area contributed by atoms with E-state index in [4.69, 9.17) is 9.47 Å². The van der Waals surface area contributed by atoms with Gasteiger partial charge in [-0.3, -0.25) is 0 Å². The van der Waals surface area contributed by atoms with Gasteiger partial charge in [0.1, 0.15) is 5.75 Å². The van der Waals surface area contributed by atoms with Gasteiger partial charge in [-0.15, -0.1) is 0 Å². The topological polar surface area (TPSA) is 56.6 Å². The van der Waals surface area contributed by atoms with Gasteiger partial charge in [0, 0.05) is 58.6 Å². The van der Waals surface area contributed by atoms with E-state index in [-0.39, 0.29) is 0 Å². The van der Waals surface area contributed by atoms with Crippen LogP contribution >= 0.6 is 0 Å². The first kappa shape index (κ1) is 23.9. The summed E-state index contributed by atoms with van der Waals surface area (Å²) in [6.07, 6.45) is 1.58. The number of pyridine rings is 1. The van der Waals surface area contributed by atoms with E-state index in [0.29, 0.717) is 17.0 Å². The van der Waals surface area contributed by atoms with Crippen LogP contribution in [0.15, 0.2) is 54.7 Å². The number of carbonyl (C=O) groups excluding carboxylic acids is 1. The number of aryl methyl sites for hydroxylation is 2. The normalized spacial score (nSPS) is 16.8. The summed E-state index contributed by atoms with van der Waals surface area (Å²) in [6.45, 7) is 13.3. The molecule has 2 aromatic heterocycles. The SMILES string of the molecule is CCN(CC)c1ccc(C2(c3c(C)n(CC)c4ccccc34)OC(=O)c3ncc(OC)cc32)c(C)c1. The molecule has 1 unspecified atom stereocenters. The van der Waals surface area contributed by atoms with E-state index >= 15 is 0 Å². The van der Waals surface area contributed by atoms with E-state index in [1.807, 2.05) is 18.2 Å². The number of aromatic nitrogens is 2. The van der Waals surface area contributed by atoms with Crippen LogP contribution in [0.3, 0.4) is 0 Å². The number of anilines is 1. The molecule has 3 heterocycles. The van der Waals surface area contributed by atoms with Gasteiger partial charge in [0.2, 0.25) is 0 Å². The molecule has 0 bridgehead atoms. The summed E-state index contributed by atoms with van der Waals surface area (Å²) >= 11 is 0. The van der Waals surface area contributed by atoms with Gasteiger partial charge in [0.05, 0.1) is 13.3 Å². The number of para-hydroxylation sites is 1. The highest BCUT2D eigenvalue weighted by Crippen LogP contribution is 2.52. The quantitative estimate of drug-likeness (QED) is 0.302. The lowest BCUT2D eigenvalue weighted by molar-refractivity contribution is 0.0249. The first-order chi connectivity index (χ1) is 17.4. The molecule has 4 aromatic rings. The average molecular weight is 484 g/mol. The Morgan fingerprint density at radius 3 is 2.44 bits per heavy atom. The fraction of sp³-hybridized carbons (Fsp3) is 0.333. The number of esters is 1. The molecule has 0 aliphatic carbocycles. The van der Waals surface area contributed by atoms with Crippen molar-refractivity contribution in [2.45, 2.75) is 46.8 Å². The van der Waals surface area contributed by atoms with E-state index < -0.39 is 11.6 Å². The van der Waals surface area contributed by atoms with Crippen LogP contribution in [0.2, 0.25) is 0 Å². The molecule has 0 spiro atoms. The number of hydrogen-bond donors (Lipinski definition) is 0. The maximum Gasteiger partial charge on any atom is 0.358 e. The molecule has 1 aliphatic rings. The molecule has 1 atom stereocenters. The summed E-state index contributed by atoms with van der Waals surface area (Å²) in [5.74, 6) is 0.165. The Hall–Kier alpha value is -3.80. The fourth-order valence-corrected chi connectivity index (χ4v) is 5.86. The zero-order chi connectivity index (χ0) is 25.6. The maximum atomic E-state index is 13.4. The minimum absolute atomic E-state index is 0.329. The number of ether oxygens (including phenoxy) is 2. The zero-order valence-corrected chi connectivity index (χ0v) is 21.9. The van der Waals surface area contributed by atoms with Crippen LogP contribution in [0.1, 0.15) is 59.2 Å². The third kappa shape index (κ3) is 3.31. The van der Waals surface area contributed by atoms with E-state index in [0.717, 1.165) is 58.6 Å². The van der Waals surface area contributed by atoms with Crippen molar-refractivity contribution in [3.8, 4) is 5.75 Å². The van der Waals surface area contributed by atoms with Crippen LogP contribution in [0.25, 0.3) is 10.9 Å². The van der Waals surface area contributed by atoms with Gasteiger partial charge in [0.25, 0.3) is 0 Å². The summed E-state index contributed by atoms with van der Waals surface area (Å²) in [4.78, 5) is 20.2. The van der Waals surface area contributed by atoms with Crippen molar-refractivity contribution in [1.29, 1.82) is 0 Å². The van der Waals surface area contributed by atoms with Gasteiger partial charge in [-0.2, -0.15) is 0 Å². The van der Waals surface area contributed by atoms with Gasteiger partial charge in [0.15, 0.2) is 11.3 Å². The molecular weight excluding hydrogens is 450 g/mol. The molecular formula is C30H33N3O3. The second kappa shape index (κ2) is 9.01. The van der Waals surface area contributed by atoms with E-state index in [1.165, 1.54) is 0 Å². The Kier molecular flexibility index (Phi) is 5.99. The van der Waals surface area contributed by atoms with Crippen LogP contribution in [0, 0.1) is 13.8 Å². The highest BCUT2D eigenvalue weighted by molar-refractivity contribution is 5.97. The van der Waals surface area contributed by atoms with Crippen LogP contribution in [0.4, 0.5) is 5.69 Å². The van der Waals surface area contributed by atoms with E-state index in [9.17, 15) is 4.79 Å². The van der Waals surface area contributed by atoms with Gasteiger partial charge < -0.3 is 18.9 Å². The van der Waals surface area contributed by atoms with Crippen molar-refractivity contribution in [2.24, 2.45) is 0 Å². The number of carbonyl (C=O) groups is 1. The number of rotatable bonds is 7. The highest BCUT2D eigenvalue weighted by Gasteiger charge is 2.53. The lowest BCUT2D eigenvalue weighted by Gasteiger charge is -2.33. The van der Waals surface area contributed by atoms with Crippen molar-refractivity contribution < 1.29 is 14.3 Å². The highest BCUT2D eigenvalue weighted by atomic mass is 16.6. The smallest absolute Gasteiger partial charge is 0.358 e. The summed E-state index contributed by atoms with van der Waals surface area (Å²) in [5.41, 5.74) is 6.18. The lowest BCUT2D eigenvalue weighted by atomic mass is 9.77. The standard InChI is InChI=1S/C30H33N3O3/c1-7-32(8-2)21-14-15-24(19(4)16-21)30(25-17-22(35-6)18-31-28(25)29(34)36-30)27-20(5)33(9-3)26-13-11-10-12-23(26)27/h10-18H,7-9H2,1-6H3. The maximum absolute atomic E-state index is 13.4. The second-order valence-electron chi connectivity index (χ2n) is 9.24. The molecule has 0 saturated heterocycles. The third-order valence-electron chi connectivity index (χ3n) is 7.53. The van der Waals surface area contributed by atoms with E-state index in [2.05, 4.69) is 79.4 Å². The molecule has 0 N–H and O–H groups in total. The van der Waals surface area contributed by atoms with Crippen LogP contribution in [-0.4, -0.2) is 35.7 Å². The number of cyclic esters (lactones) is 1. The molecule has 1 aliphatic heterocycles. The van der Waals surface area contributed by atoms with Crippen molar-refractivity contribution in [2.75, 3.05) is 25.1 Å². The van der Waals surface area contributed by atoms with Crippen LogP contribution in [-0.2, 0) is 16.9 Å². The molecule has 36 heavy (non-hydrogen) atoms. The molecule has 0 amide bonds. The Morgan fingerprint density at radius 2 is 1.78 bits per heavy atom. The summed E-state index contributed by atoms with van der Waals surface area (Å²) < 4.78 is 14.3. The fourth-order valence-electron chi connectivity index (χ4n) is 5.86. The molecule has 0 fully saturated rings. The molecule has 2 aromatic carbocycles. The van der Waals surface area contributed by atoms with Crippen molar-refractivity contribution in [3.63, 3.8) is 0 Å². The average Bonchev–Trinajstić information content (AvgIpc) is 3.34. The van der Waals surface area contributed by atoms with Gasteiger partial charge in [-0.25, -0.2) is 9.78 Å². The summed E-state index contributed by atoms with van der Waals surface area (Å²) in [7, 11) is 1.61. The number of methoxy groups -OCH3 is 1. The third-order valence-corrected chi connectivity index (χ3v) is 7.53. The first-order valence-corrected chi connectivity index (χ1v) is 12.6. The molecule has 0 saturated carbocycles. The first-order valence-electron chi connectivity index (χ1n) is 12.6. The molecule has 6 nitrogen and oxygen atoms in total. The lowest BCUT2D eigenvalue weighted by Crippen LogP contribution is -2.32. The Morgan fingerprint density at radius 1 is 1.03 bits per heavy atom. The Labute approximate surface area is 212 Å². The van der Waals surface area contributed by atoms with Crippen LogP contribution < -0.4 is 9.64 Å². The van der Waals surface area contributed by atoms with Crippen LogP contribution in [0.5, 0.6) is 5.75 Å². The molecule has 0 radical (unpaired) electrons. The minimum atomic E-state index is -1.15. The number of benzene rings is 2. The summed E-state index contributed by atoms with van der Waals surface area (Å²) in [6, 6.07) is 16.7. The second-order valence-corrected chi connectivity index (χ2v) is 9.24. The Balaban J connectivity index is 1.90. The molecule has 186 valence electrons. The van der Waals surface area contributed by atoms with Crippen molar-refractivity contribution in [3.05, 3.63) is 88.4 Å². The number of fused-ring (bicyclic) bond motifs is 2. The predicted molar refractivity (Wildman–Crippen MR) is 143 cm³/mol. The van der Waals surface area contributed by atoms with Gasteiger partial charge in [-0.05, 0) is 64.4 Å². The Bertz CT molecular complexity index is 1470. The van der Waals surface area contributed by atoms with Crippen molar-refractivity contribution >= 4 is 22.6 Å². The monoisotopic (exact) mass is 483 g/mol. The number of hydrogen-bond acceptors (Lipinski definition) is 5. The predicted octanol–water partition coefficient (Wildman–Crippen LogP) is 5.99. The molecule has 6 heteroatoms. The van der Waals surface area contributed by atoms with Gasteiger partial charge in [-0.1, -0.05) is 24.3 Å². The van der Waals surface area contributed by atoms with Gasteiger partial charge >= 0.3 is 5.97 Å². The van der Waals surface area contributed by atoms with Crippen molar-refractivity contribution in [1.82, 2.24) is 9.55 Å².